The number of aryl methyl sites for hydroxylation is 2. The first kappa shape index (κ1) is 12.2. The van der Waals surface area contributed by atoms with E-state index in [1.807, 2.05) is 6.92 Å². The summed E-state index contributed by atoms with van der Waals surface area (Å²) in [5, 5.41) is 12.7. The Morgan fingerprint density at radius 2 is 2.22 bits per heavy atom. The standard InChI is InChI=1S/C12H12FN3O2/c1-3-9-14-11(12(17)18)15-16(9)10-7(2)5-4-6-8(10)13/h4-6H,3H2,1-2H3,(H,17,18). The van der Waals surface area contributed by atoms with Crippen molar-refractivity contribution in [1.29, 1.82) is 0 Å². The number of aromatic carboxylic acids is 1. The molecule has 1 heterocycles. The fourth-order valence-corrected chi connectivity index (χ4v) is 1.73. The maximum atomic E-state index is 13.8. The average Bonchev–Trinajstić information content (AvgIpc) is 2.73. The van der Waals surface area contributed by atoms with E-state index >= 15 is 0 Å². The summed E-state index contributed by atoms with van der Waals surface area (Å²) in [6.45, 7) is 3.54. The summed E-state index contributed by atoms with van der Waals surface area (Å²) in [4.78, 5) is 14.7. The number of aromatic nitrogens is 3. The molecule has 18 heavy (non-hydrogen) atoms. The lowest BCUT2D eigenvalue weighted by atomic mass is 10.2. The van der Waals surface area contributed by atoms with Crippen LogP contribution in [0.3, 0.4) is 0 Å². The van der Waals surface area contributed by atoms with Gasteiger partial charge in [0.25, 0.3) is 5.82 Å². The van der Waals surface area contributed by atoms with Gasteiger partial charge in [0.05, 0.1) is 0 Å². The zero-order chi connectivity index (χ0) is 13.3. The van der Waals surface area contributed by atoms with E-state index in [2.05, 4.69) is 10.1 Å². The van der Waals surface area contributed by atoms with Crippen LogP contribution in [0.5, 0.6) is 0 Å². The topological polar surface area (TPSA) is 68.0 Å². The van der Waals surface area contributed by atoms with Crippen LogP contribution in [0.1, 0.15) is 28.9 Å². The molecule has 0 atom stereocenters. The molecular formula is C12H12FN3O2. The summed E-state index contributed by atoms with van der Waals surface area (Å²) < 4.78 is 15.1. The molecule has 94 valence electrons. The molecule has 0 aliphatic carbocycles. The van der Waals surface area contributed by atoms with Crippen molar-refractivity contribution >= 4 is 5.97 Å². The van der Waals surface area contributed by atoms with Gasteiger partial charge in [-0.3, -0.25) is 0 Å². The second kappa shape index (κ2) is 4.56. The molecule has 1 N–H and O–H groups in total. The van der Waals surface area contributed by atoms with Crippen molar-refractivity contribution < 1.29 is 14.3 Å². The molecule has 0 spiro atoms. The quantitative estimate of drug-likeness (QED) is 0.903. The molecule has 0 aliphatic heterocycles. The number of carbonyl (C=O) groups is 1. The Bertz CT molecular complexity index is 587. The predicted octanol–water partition coefficient (Wildman–Crippen LogP) is 1.98. The van der Waals surface area contributed by atoms with Crippen molar-refractivity contribution in [2.45, 2.75) is 20.3 Å². The smallest absolute Gasteiger partial charge is 0.375 e. The molecule has 1 aromatic heterocycles. The maximum absolute atomic E-state index is 13.8. The molecule has 1 aromatic carbocycles. The number of rotatable bonds is 3. The van der Waals surface area contributed by atoms with Crippen LogP contribution in [-0.2, 0) is 6.42 Å². The Morgan fingerprint density at radius 3 is 2.78 bits per heavy atom. The number of hydrogen-bond acceptors (Lipinski definition) is 3. The number of carboxylic acid groups (broad SMARTS) is 1. The molecule has 2 rings (SSSR count). The Labute approximate surface area is 103 Å². The van der Waals surface area contributed by atoms with Crippen LogP contribution in [0.4, 0.5) is 4.39 Å². The number of hydrogen-bond donors (Lipinski definition) is 1. The molecule has 0 amide bonds. The molecule has 0 fully saturated rings. The van der Waals surface area contributed by atoms with Crippen LogP contribution in [0.15, 0.2) is 18.2 Å². The predicted molar refractivity (Wildman–Crippen MR) is 62.4 cm³/mol. The number of benzene rings is 1. The monoisotopic (exact) mass is 249 g/mol. The molecule has 6 heteroatoms. The van der Waals surface area contributed by atoms with Gasteiger partial charge in [-0.25, -0.2) is 18.9 Å². The summed E-state index contributed by atoms with van der Waals surface area (Å²) in [6.07, 6.45) is 0.466. The van der Waals surface area contributed by atoms with Crippen molar-refractivity contribution in [2.24, 2.45) is 0 Å². The van der Waals surface area contributed by atoms with Crippen molar-refractivity contribution in [2.75, 3.05) is 0 Å². The van der Waals surface area contributed by atoms with Gasteiger partial charge in [0.2, 0.25) is 0 Å². The summed E-state index contributed by atoms with van der Waals surface area (Å²) in [5.74, 6) is -1.58. The fraction of sp³-hybridized carbons (Fsp3) is 0.250. The highest BCUT2D eigenvalue weighted by Crippen LogP contribution is 2.19. The lowest BCUT2D eigenvalue weighted by Gasteiger charge is -2.08. The first-order valence-corrected chi connectivity index (χ1v) is 5.49. The highest BCUT2D eigenvalue weighted by molar-refractivity contribution is 5.83. The first-order chi connectivity index (χ1) is 8.54. The maximum Gasteiger partial charge on any atom is 0.375 e. The van der Waals surface area contributed by atoms with E-state index in [1.54, 1.807) is 19.1 Å². The normalized spacial score (nSPS) is 10.6. The summed E-state index contributed by atoms with van der Waals surface area (Å²) in [7, 11) is 0. The Balaban J connectivity index is 2.66. The van der Waals surface area contributed by atoms with E-state index in [1.165, 1.54) is 10.7 Å². The lowest BCUT2D eigenvalue weighted by molar-refractivity contribution is 0.0683. The number of nitrogens with zero attached hydrogens (tertiary/aromatic N) is 3. The lowest BCUT2D eigenvalue weighted by Crippen LogP contribution is -2.07. The molecule has 0 unspecified atom stereocenters. The number of halogens is 1. The van der Waals surface area contributed by atoms with Gasteiger partial charge in [-0.1, -0.05) is 19.1 Å². The molecule has 0 radical (unpaired) electrons. The zero-order valence-corrected chi connectivity index (χ0v) is 10.0. The average molecular weight is 249 g/mol. The van der Waals surface area contributed by atoms with Gasteiger partial charge >= 0.3 is 5.97 Å². The largest absolute Gasteiger partial charge is 0.475 e. The Hall–Kier alpha value is -2.24. The van der Waals surface area contributed by atoms with Crippen LogP contribution in [0.25, 0.3) is 5.69 Å². The van der Waals surface area contributed by atoms with E-state index in [0.717, 1.165) is 0 Å². The SMILES string of the molecule is CCc1nc(C(=O)O)nn1-c1c(C)cccc1F. The van der Waals surface area contributed by atoms with Crippen LogP contribution < -0.4 is 0 Å². The van der Waals surface area contributed by atoms with Crippen LogP contribution in [-0.4, -0.2) is 25.8 Å². The molecule has 5 nitrogen and oxygen atoms in total. The number of carboxylic acids is 1. The first-order valence-electron chi connectivity index (χ1n) is 5.49. The Kier molecular flexibility index (Phi) is 3.10. The summed E-state index contributed by atoms with van der Waals surface area (Å²) in [6, 6.07) is 4.64. The van der Waals surface area contributed by atoms with Gasteiger partial charge in [0.15, 0.2) is 0 Å². The second-order valence-electron chi connectivity index (χ2n) is 3.83. The fourth-order valence-electron chi connectivity index (χ4n) is 1.73. The van der Waals surface area contributed by atoms with Crippen molar-refractivity contribution in [3.8, 4) is 5.69 Å². The molecule has 0 aliphatic rings. The molecule has 0 bridgehead atoms. The van der Waals surface area contributed by atoms with E-state index < -0.39 is 11.8 Å². The van der Waals surface area contributed by atoms with Gasteiger partial charge in [0.1, 0.15) is 17.3 Å². The van der Waals surface area contributed by atoms with Gasteiger partial charge in [0, 0.05) is 6.42 Å². The van der Waals surface area contributed by atoms with Gasteiger partial charge in [-0.2, -0.15) is 0 Å². The summed E-state index contributed by atoms with van der Waals surface area (Å²) in [5.41, 5.74) is 0.917. The minimum Gasteiger partial charge on any atom is -0.475 e. The molecule has 0 saturated heterocycles. The second-order valence-corrected chi connectivity index (χ2v) is 3.83. The zero-order valence-electron chi connectivity index (χ0n) is 10.0. The van der Waals surface area contributed by atoms with Gasteiger partial charge in [-0.05, 0) is 18.6 Å². The van der Waals surface area contributed by atoms with Crippen molar-refractivity contribution in [1.82, 2.24) is 14.8 Å². The van der Waals surface area contributed by atoms with Crippen molar-refractivity contribution in [3.05, 3.63) is 41.2 Å². The highest BCUT2D eigenvalue weighted by atomic mass is 19.1. The van der Waals surface area contributed by atoms with E-state index in [9.17, 15) is 9.18 Å². The third-order valence-electron chi connectivity index (χ3n) is 2.58. The van der Waals surface area contributed by atoms with Crippen LogP contribution in [0.2, 0.25) is 0 Å². The van der Waals surface area contributed by atoms with E-state index in [-0.39, 0.29) is 11.5 Å². The van der Waals surface area contributed by atoms with Gasteiger partial charge in [-0.15, -0.1) is 5.10 Å². The minimum absolute atomic E-state index is 0.245. The Morgan fingerprint density at radius 1 is 1.50 bits per heavy atom. The summed E-state index contributed by atoms with van der Waals surface area (Å²) >= 11 is 0. The highest BCUT2D eigenvalue weighted by Gasteiger charge is 2.18. The molecular weight excluding hydrogens is 237 g/mol. The van der Waals surface area contributed by atoms with E-state index in [0.29, 0.717) is 17.8 Å². The molecule has 0 saturated carbocycles. The van der Waals surface area contributed by atoms with E-state index in [4.69, 9.17) is 5.11 Å². The number of para-hydroxylation sites is 1. The van der Waals surface area contributed by atoms with Gasteiger partial charge < -0.3 is 5.11 Å². The van der Waals surface area contributed by atoms with Crippen LogP contribution in [0, 0.1) is 12.7 Å². The third-order valence-corrected chi connectivity index (χ3v) is 2.58. The van der Waals surface area contributed by atoms with Crippen molar-refractivity contribution in [3.63, 3.8) is 0 Å². The minimum atomic E-state index is -1.22. The third kappa shape index (κ3) is 1.97. The van der Waals surface area contributed by atoms with Crippen LogP contribution >= 0.6 is 0 Å². The molecule has 2 aromatic rings.